The average Bonchev–Trinajstić information content (AvgIpc) is 3.10. The van der Waals surface area contributed by atoms with Crippen molar-refractivity contribution < 1.29 is 9.53 Å². The van der Waals surface area contributed by atoms with Crippen LogP contribution in [-0.2, 0) is 29.5 Å². The molecule has 4 heteroatoms. The molecule has 1 heterocycles. The zero-order valence-electron chi connectivity index (χ0n) is 17.1. The fourth-order valence-corrected chi connectivity index (χ4v) is 3.27. The predicted molar refractivity (Wildman–Crippen MR) is 112 cm³/mol. The molecule has 0 spiro atoms. The summed E-state index contributed by atoms with van der Waals surface area (Å²) in [6.07, 6.45) is 1.90. The van der Waals surface area contributed by atoms with E-state index in [2.05, 4.69) is 55.8 Å². The number of aromatic nitrogens is 2. The normalized spacial score (nSPS) is 11.4. The van der Waals surface area contributed by atoms with E-state index in [1.165, 1.54) is 18.4 Å². The van der Waals surface area contributed by atoms with Gasteiger partial charge in [-0.2, -0.15) is 5.10 Å². The van der Waals surface area contributed by atoms with E-state index in [-0.39, 0.29) is 11.4 Å². The van der Waals surface area contributed by atoms with Crippen LogP contribution in [0.15, 0.2) is 60.7 Å². The number of carbonyl (C=O) groups excluding carboxylic acids is 1. The molecule has 28 heavy (non-hydrogen) atoms. The number of hydrogen-bond donors (Lipinski definition) is 0. The second kappa shape index (κ2) is 8.42. The summed E-state index contributed by atoms with van der Waals surface area (Å²) in [5, 5.41) is 4.89. The molecule has 0 atom stereocenters. The molecule has 0 bridgehead atoms. The first kappa shape index (κ1) is 19.9. The van der Waals surface area contributed by atoms with E-state index < -0.39 is 0 Å². The van der Waals surface area contributed by atoms with E-state index >= 15 is 0 Å². The van der Waals surface area contributed by atoms with Gasteiger partial charge in [-0.05, 0) is 42.2 Å². The lowest BCUT2D eigenvalue weighted by Crippen LogP contribution is -2.19. The van der Waals surface area contributed by atoms with Crippen LogP contribution in [0.5, 0.6) is 0 Å². The maximum atomic E-state index is 11.6. The van der Waals surface area contributed by atoms with E-state index in [1.807, 2.05) is 18.2 Å². The third kappa shape index (κ3) is 4.89. The summed E-state index contributed by atoms with van der Waals surface area (Å²) in [7, 11) is 1.40. The number of carbonyl (C=O) groups is 1. The fourth-order valence-electron chi connectivity index (χ4n) is 3.27. The Morgan fingerprint density at radius 2 is 1.64 bits per heavy atom. The number of nitrogens with zero attached hydrogens (tertiary/aromatic N) is 2. The molecule has 0 aliphatic carbocycles. The number of benzene rings is 2. The minimum absolute atomic E-state index is 0.00392. The molecule has 0 unspecified atom stereocenters. The standard InChI is InChI=1S/C24H28N2O2/c1-24(2,3)22-16-21(15-12-18-8-6-5-7-9-18)25-26(22)17-19-10-13-20(14-11-19)23(27)28-4/h5-11,13-14,16H,12,15,17H2,1-4H3. The van der Waals surface area contributed by atoms with Gasteiger partial charge in [0.25, 0.3) is 0 Å². The molecule has 0 fully saturated rings. The Balaban J connectivity index is 1.79. The van der Waals surface area contributed by atoms with Crippen LogP contribution in [0.1, 0.15) is 53.6 Å². The number of rotatable bonds is 6. The molecular formula is C24H28N2O2. The summed E-state index contributed by atoms with van der Waals surface area (Å²) in [6, 6.07) is 20.3. The van der Waals surface area contributed by atoms with Crippen LogP contribution in [-0.4, -0.2) is 22.9 Å². The summed E-state index contributed by atoms with van der Waals surface area (Å²) in [4.78, 5) is 11.6. The minimum Gasteiger partial charge on any atom is -0.465 e. The van der Waals surface area contributed by atoms with Crippen molar-refractivity contribution in [2.75, 3.05) is 7.11 Å². The van der Waals surface area contributed by atoms with Crippen molar-refractivity contribution in [2.45, 2.75) is 45.6 Å². The quantitative estimate of drug-likeness (QED) is 0.581. The van der Waals surface area contributed by atoms with Crippen molar-refractivity contribution in [2.24, 2.45) is 0 Å². The lowest BCUT2D eigenvalue weighted by atomic mass is 9.91. The monoisotopic (exact) mass is 376 g/mol. The van der Waals surface area contributed by atoms with Crippen LogP contribution in [0.4, 0.5) is 0 Å². The van der Waals surface area contributed by atoms with Gasteiger partial charge in [-0.1, -0.05) is 63.2 Å². The number of methoxy groups -OCH3 is 1. The first-order chi connectivity index (χ1) is 13.4. The van der Waals surface area contributed by atoms with Gasteiger partial charge in [0.15, 0.2) is 0 Å². The van der Waals surface area contributed by atoms with Crippen LogP contribution in [0.2, 0.25) is 0 Å². The topological polar surface area (TPSA) is 44.1 Å². The molecule has 0 aliphatic rings. The highest BCUT2D eigenvalue weighted by molar-refractivity contribution is 5.89. The van der Waals surface area contributed by atoms with E-state index in [0.29, 0.717) is 12.1 Å². The average molecular weight is 377 g/mol. The van der Waals surface area contributed by atoms with Crippen LogP contribution < -0.4 is 0 Å². The van der Waals surface area contributed by atoms with Crippen molar-refractivity contribution in [3.8, 4) is 0 Å². The molecule has 0 aliphatic heterocycles. The van der Waals surface area contributed by atoms with Crippen LogP contribution in [0, 0.1) is 0 Å². The number of ether oxygens (including phenoxy) is 1. The Hall–Kier alpha value is -2.88. The molecule has 146 valence electrons. The smallest absolute Gasteiger partial charge is 0.337 e. The largest absolute Gasteiger partial charge is 0.465 e. The van der Waals surface area contributed by atoms with Crippen LogP contribution >= 0.6 is 0 Å². The molecule has 3 rings (SSSR count). The van der Waals surface area contributed by atoms with Gasteiger partial charge in [0.05, 0.1) is 24.9 Å². The lowest BCUT2D eigenvalue weighted by molar-refractivity contribution is 0.0600. The molecule has 1 aromatic heterocycles. The minimum atomic E-state index is -0.316. The Morgan fingerprint density at radius 1 is 0.964 bits per heavy atom. The second-order valence-corrected chi connectivity index (χ2v) is 8.10. The van der Waals surface area contributed by atoms with Crippen molar-refractivity contribution >= 4 is 5.97 Å². The summed E-state index contributed by atoms with van der Waals surface area (Å²) < 4.78 is 6.86. The zero-order valence-corrected chi connectivity index (χ0v) is 17.1. The molecule has 0 saturated carbocycles. The highest BCUT2D eigenvalue weighted by atomic mass is 16.5. The summed E-state index contributed by atoms with van der Waals surface area (Å²) in [5.74, 6) is -0.316. The summed E-state index contributed by atoms with van der Waals surface area (Å²) >= 11 is 0. The van der Waals surface area contributed by atoms with Gasteiger partial charge in [0, 0.05) is 11.1 Å². The Bertz CT molecular complexity index is 919. The number of aryl methyl sites for hydroxylation is 2. The Kier molecular flexibility index (Phi) is 5.98. The number of esters is 1. The Labute approximate surface area is 167 Å². The zero-order chi connectivity index (χ0) is 20.1. The SMILES string of the molecule is COC(=O)c1ccc(Cn2nc(CCc3ccccc3)cc2C(C)(C)C)cc1. The molecule has 2 aromatic carbocycles. The van der Waals surface area contributed by atoms with Gasteiger partial charge in [0.1, 0.15) is 0 Å². The highest BCUT2D eigenvalue weighted by Gasteiger charge is 2.21. The first-order valence-corrected chi connectivity index (χ1v) is 9.65. The maximum Gasteiger partial charge on any atom is 0.337 e. The van der Waals surface area contributed by atoms with E-state index in [0.717, 1.165) is 24.1 Å². The van der Waals surface area contributed by atoms with Crippen LogP contribution in [0.3, 0.4) is 0 Å². The second-order valence-electron chi connectivity index (χ2n) is 8.10. The highest BCUT2D eigenvalue weighted by Crippen LogP contribution is 2.24. The van der Waals surface area contributed by atoms with Crippen molar-refractivity contribution in [1.29, 1.82) is 0 Å². The first-order valence-electron chi connectivity index (χ1n) is 9.65. The van der Waals surface area contributed by atoms with Gasteiger partial charge in [0.2, 0.25) is 0 Å². The van der Waals surface area contributed by atoms with Crippen LogP contribution in [0.25, 0.3) is 0 Å². The summed E-state index contributed by atoms with van der Waals surface area (Å²) in [5.41, 5.74) is 5.33. The molecule has 0 amide bonds. The summed E-state index contributed by atoms with van der Waals surface area (Å²) in [6.45, 7) is 7.31. The molecular weight excluding hydrogens is 348 g/mol. The third-order valence-electron chi connectivity index (χ3n) is 4.82. The molecule has 0 saturated heterocycles. The van der Waals surface area contributed by atoms with E-state index in [1.54, 1.807) is 12.1 Å². The maximum absolute atomic E-state index is 11.6. The van der Waals surface area contributed by atoms with Gasteiger partial charge in [-0.3, -0.25) is 4.68 Å². The molecule has 0 N–H and O–H groups in total. The molecule has 3 aromatic rings. The van der Waals surface area contributed by atoms with Crippen molar-refractivity contribution in [3.63, 3.8) is 0 Å². The lowest BCUT2D eigenvalue weighted by Gasteiger charge is -2.20. The fraction of sp³-hybridized carbons (Fsp3) is 0.333. The van der Waals surface area contributed by atoms with Gasteiger partial charge < -0.3 is 4.74 Å². The van der Waals surface area contributed by atoms with E-state index in [9.17, 15) is 4.79 Å². The van der Waals surface area contributed by atoms with Gasteiger partial charge >= 0.3 is 5.97 Å². The molecule has 4 nitrogen and oxygen atoms in total. The van der Waals surface area contributed by atoms with E-state index in [4.69, 9.17) is 9.84 Å². The van der Waals surface area contributed by atoms with Crippen molar-refractivity contribution in [1.82, 2.24) is 9.78 Å². The van der Waals surface area contributed by atoms with Crippen molar-refractivity contribution in [3.05, 3.63) is 88.7 Å². The third-order valence-corrected chi connectivity index (χ3v) is 4.82. The van der Waals surface area contributed by atoms with Gasteiger partial charge in [-0.25, -0.2) is 4.79 Å². The predicted octanol–water partition coefficient (Wildman–Crippen LogP) is 4.80. The Morgan fingerprint density at radius 3 is 2.25 bits per heavy atom. The van der Waals surface area contributed by atoms with Gasteiger partial charge in [-0.15, -0.1) is 0 Å². The number of hydrogen-bond acceptors (Lipinski definition) is 3. The molecule has 0 radical (unpaired) electrons.